The van der Waals surface area contributed by atoms with Crippen LogP contribution < -0.4 is 19.9 Å². The van der Waals surface area contributed by atoms with Gasteiger partial charge in [-0.25, -0.2) is 4.58 Å². The Hall–Kier alpha value is -4.93. The van der Waals surface area contributed by atoms with E-state index in [-0.39, 0.29) is 5.41 Å². The molecule has 13 rings (SSSR count). The molecule has 0 amide bonds. The maximum Gasteiger partial charge on any atom is 0.206 e. The second kappa shape index (κ2) is 12.3. The number of alkyl halides is 1. The van der Waals surface area contributed by atoms with Crippen LogP contribution in [0.3, 0.4) is 0 Å². The summed E-state index contributed by atoms with van der Waals surface area (Å²) in [7, 11) is 0. The lowest BCUT2D eigenvalue weighted by molar-refractivity contribution is 0.159. The maximum atomic E-state index is 6.94. The Morgan fingerprint density at radius 1 is 0.690 bits per heavy atom. The van der Waals surface area contributed by atoms with E-state index >= 15 is 0 Å². The van der Waals surface area contributed by atoms with Gasteiger partial charge in [-0.1, -0.05) is 89.6 Å². The van der Waals surface area contributed by atoms with E-state index in [2.05, 4.69) is 135 Å². The average molecular weight is 821 g/mol. The van der Waals surface area contributed by atoms with Gasteiger partial charge < -0.3 is 9.64 Å². The van der Waals surface area contributed by atoms with Gasteiger partial charge in [0.05, 0.1) is 5.41 Å². The number of aryl methyl sites for hydroxylation is 2. The lowest BCUT2D eigenvalue weighted by atomic mass is 9.57. The highest BCUT2D eigenvalue weighted by atomic mass is 79.9. The lowest BCUT2D eigenvalue weighted by Crippen LogP contribution is -2.46. The van der Waals surface area contributed by atoms with E-state index in [1.165, 1.54) is 142 Å². The number of halogens is 1. The molecule has 1 unspecified atom stereocenters. The van der Waals surface area contributed by atoms with E-state index in [0.717, 1.165) is 36.1 Å². The maximum absolute atomic E-state index is 6.94. The van der Waals surface area contributed by atoms with Crippen LogP contribution >= 0.6 is 15.9 Å². The molecule has 1 fully saturated rings. The fourth-order valence-electron chi connectivity index (χ4n) is 13.3. The Balaban J connectivity index is 1.26. The summed E-state index contributed by atoms with van der Waals surface area (Å²) < 4.78 is 9.65. The smallest absolute Gasteiger partial charge is 0.206 e. The number of allylic oxidation sites excluding steroid dienone is 2. The molecule has 0 N–H and O–H groups in total. The van der Waals surface area contributed by atoms with Crippen molar-refractivity contribution in [1.29, 1.82) is 0 Å². The number of para-hydroxylation sites is 2. The minimum Gasteiger partial charge on any atom is -0.457 e. The van der Waals surface area contributed by atoms with Gasteiger partial charge >= 0.3 is 0 Å². The molecule has 0 saturated carbocycles. The highest BCUT2D eigenvalue weighted by Gasteiger charge is 2.51. The van der Waals surface area contributed by atoms with E-state index in [1.54, 1.807) is 22.4 Å². The minimum atomic E-state index is -0.587. The summed E-state index contributed by atoms with van der Waals surface area (Å²) in [6, 6.07) is 40.4. The first-order valence-corrected chi connectivity index (χ1v) is 23.1. The topological polar surface area (TPSA) is 15.5 Å². The predicted molar refractivity (Wildman–Crippen MR) is 239 cm³/mol. The van der Waals surface area contributed by atoms with Crippen molar-refractivity contribution >= 4 is 37.8 Å². The third kappa shape index (κ3) is 4.43. The molecule has 3 nitrogen and oxygen atoms in total. The van der Waals surface area contributed by atoms with Gasteiger partial charge in [-0.15, -0.1) is 0 Å². The first kappa shape index (κ1) is 34.0. The molecule has 286 valence electrons. The first-order valence-electron chi connectivity index (χ1n) is 22.0. The number of nitrogens with zero attached hydrogens (tertiary/aromatic N) is 2. The lowest BCUT2D eigenvalue weighted by Gasteiger charge is -2.51. The number of rotatable bonds is 2. The molecule has 5 aliphatic heterocycles. The van der Waals surface area contributed by atoms with Gasteiger partial charge in [0.25, 0.3) is 0 Å². The molecule has 2 aliphatic carbocycles. The van der Waals surface area contributed by atoms with Crippen LogP contribution in [0.25, 0.3) is 21.9 Å². The molecule has 0 aromatic heterocycles. The highest BCUT2D eigenvalue weighted by Crippen LogP contribution is 2.60. The summed E-state index contributed by atoms with van der Waals surface area (Å²) in [5, 5.41) is 6.53. The third-order valence-corrected chi connectivity index (χ3v) is 16.0. The molecular weight excluding hydrogens is 773 g/mol. The van der Waals surface area contributed by atoms with E-state index in [1.807, 2.05) is 0 Å². The van der Waals surface area contributed by atoms with Crippen LogP contribution in [-0.2, 0) is 30.0 Å². The molecule has 6 aromatic carbocycles. The molecule has 7 aliphatic rings. The van der Waals surface area contributed by atoms with Crippen LogP contribution in [0.15, 0.2) is 109 Å². The third-order valence-electron chi connectivity index (χ3n) is 15.4. The normalized spacial score (nSPS) is 21.7. The van der Waals surface area contributed by atoms with Gasteiger partial charge in [0.2, 0.25) is 5.36 Å². The van der Waals surface area contributed by atoms with Crippen LogP contribution in [-0.4, -0.2) is 31.1 Å². The SMILES string of the molecule is CC12CCCN3CCCC(=C31)c1cc3c(cc1C2)C(c1ccccc1CBr)=c1cc2cc4c5c(c2cc1C31c2ccccc2Oc2ccccc21)CCC[N+]=5CCC4. The molecule has 4 heteroatoms. The summed E-state index contributed by atoms with van der Waals surface area (Å²) in [5.74, 6) is 1.92. The van der Waals surface area contributed by atoms with Crippen molar-refractivity contribution < 1.29 is 4.74 Å². The Bertz CT molecular complexity index is 2940. The number of hydrogen-bond donors (Lipinski definition) is 0. The number of piperidine rings is 1. The fraction of sp³-hybridized carbons (Fsp3) is 0.315. The summed E-state index contributed by atoms with van der Waals surface area (Å²) in [6.45, 7) is 7.32. The molecule has 6 aromatic rings. The zero-order valence-electron chi connectivity index (χ0n) is 33.4. The molecule has 0 radical (unpaired) electrons. The number of ether oxygens (including phenoxy) is 1. The second-order valence-electron chi connectivity index (χ2n) is 18.5. The van der Waals surface area contributed by atoms with Crippen molar-refractivity contribution in [3.63, 3.8) is 0 Å². The van der Waals surface area contributed by atoms with Crippen LogP contribution in [0.4, 0.5) is 0 Å². The Kier molecular flexibility index (Phi) is 7.21. The highest BCUT2D eigenvalue weighted by molar-refractivity contribution is 9.08. The molecule has 5 heterocycles. The van der Waals surface area contributed by atoms with E-state index in [0.29, 0.717) is 0 Å². The van der Waals surface area contributed by atoms with Crippen molar-refractivity contribution in [2.24, 2.45) is 5.41 Å². The molecular formula is C54H48BrN2O+. The summed E-state index contributed by atoms with van der Waals surface area (Å²) >= 11 is 3.97. The van der Waals surface area contributed by atoms with E-state index in [9.17, 15) is 0 Å². The van der Waals surface area contributed by atoms with Crippen molar-refractivity contribution in [2.45, 2.75) is 75.5 Å². The largest absolute Gasteiger partial charge is 0.457 e. The molecule has 1 saturated heterocycles. The molecule has 1 spiro atoms. The Labute approximate surface area is 349 Å². The zero-order chi connectivity index (χ0) is 38.3. The molecule has 58 heavy (non-hydrogen) atoms. The molecule has 0 bridgehead atoms. The van der Waals surface area contributed by atoms with Crippen molar-refractivity contribution in [2.75, 3.05) is 26.2 Å². The number of benzene rings is 6. The number of fused-ring (bicyclic) bond motifs is 12. The van der Waals surface area contributed by atoms with Crippen molar-refractivity contribution in [3.05, 3.63) is 181 Å². The second-order valence-corrected chi connectivity index (χ2v) is 19.1. The molecule has 1 atom stereocenters. The minimum absolute atomic E-state index is 0.176. The fourth-order valence-corrected chi connectivity index (χ4v) is 13.8. The van der Waals surface area contributed by atoms with Crippen molar-refractivity contribution in [3.8, 4) is 11.5 Å². The van der Waals surface area contributed by atoms with Crippen LogP contribution in [0, 0.1) is 5.41 Å². The number of hydrogen-bond acceptors (Lipinski definition) is 2. The Morgan fingerprint density at radius 3 is 2.28 bits per heavy atom. The average Bonchev–Trinajstić information content (AvgIpc) is 3.26. The van der Waals surface area contributed by atoms with E-state index in [4.69, 9.17) is 4.74 Å². The summed E-state index contributed by atoms with van der Waals surface area (Å²) in [5.41, 5.74) is 19.7. The quantitative estimate of drug-likeness (QED) is 0.128. The predicted octanol–water partition coefficient (Wildman–Crippen LogP) is 10.3. The summed E-state index contributed by atoms with van der Waals surface area (Å²) in [6.07, 6.45) is 10.8. The van der Waals surface area contributed by atoms with Gasteiger partial charge in [0.15, 0.2) is 0 Å². The van der Waals surface area contributed by atoms with Gasteiger partial charge in [-0.3, -0.25) is 0 Å². The van der Waals surface area contributed by atoms with Crippen molar-refractivity contribution in [1.82, 2.24) is 9.48 Å². The van der Waals surface area contributed by atoms with Gasteiger partial charge in [-0.05, 0) is 147 Å². The summed E-state index contributed by atoms with van der Waals surface area (Å²) in [4.78, 5) is 2.78. The van der Waals surface area contributed by atoms with Crippen LogP contribution in [0.5, 0.6) is 11.5 Å². The van der Waals surface area contributed by atoms with Crippen LogP contribution in [0.1, 0.15) is 107 Å². The first-order chi connectivity index (χ1) is 28.5. The standard InChI is InChI=1S/C54H48BrN2O/c1-53-21-11-25-57-24-10-16-39(52(53)57)41-30-47-43(28-36(41)31-53)50(37-14-3-2-12-34(37)32-55)42-27-35-26-33-13-8-22-56-23-9-15-38(51(33)56)40(35)29-46(42)54(47)44-17-4-6-19-48(44)58-49-20-7-5-18-45(49)54/h2-7,12,14,17-20,26-30H,8-11,13,15-16,21-25,31-32H2,1H3/q+1. The van der Waals surface area contributed by atoms with Gasteiger partial charge in [0.1, 0.15) is 24.6 Å². The Morgan fingerprint density at radius 2 is 1.45 bits per heavy atom. The van der Waals surface area contributed by atoms with Gasteiger partial charge in [0, 0.05) is 64.6 Å². The van der Waals surface area contributed by atoms with Gasteiger partial charge in [-0.2, -0.15) is 0 Å². The zero-order valence-corrected chi connectivity index (χ0v) is 35.0. The van der Waals surface area contributed by atoms with E-state index < -0.39 is 5.41 Å². The monoisotopic (exact) mass is 819 g/mol. The van der Waals surface area contributed by atoms with Crippen LogP contribution in [0.2, 0.25) is 0 Å².